The number of hydrogen-bond donors (Lipinski definition) is 0. The van der Waals surface area contributed by atoms with Crippen molar-refractivity contribution in [2.24, 2.45) is 17.8 Å². The fraction of sp³-hybridized carbons (Fsp3) is 0.889. The molecule has 3 rings (SSSR count). The van der Waals surface area contributed by atoms with Gasteiger partial charge in [0.1, 0.15) is 6.04 Å². The van der Waals surface area contributed by atoms with Crippen molar-refractivity contribution in [1.29, 1.82) is 0 Å². The van der Waals surface area contributed by atoms with Crippen molar-refractivity contribution in [2.45, 2.75) is 64.8 Å². The van der Waals surface area contributed by atoms with Crippen LogP contribution in [0, 0.1) is 17.8 Å². The Morgan fingerprint density at radius 2 is 1.59 bits per heavy atom. The van der Waals surface area contributed by atoms with Crippen LogP contribution < -0.4 is 0 Å². The summed E-state index contributed by atoms with van der Waals surface area (Å²) in [7, 11) is 0. The van der Waals surface area contributed by atoms with E-state index in [1.165, 1.54) is 6.42 Å². The fourth-order valence-electron chi connectivity index (χ4n) is 4.07. The largest absolute Gasteiger partial charge is 0.341 e. The molecule has 0 unspecified atom stereocenters. The van der Waals surface area contributed by atoms with Gasteiger partial charge in [0.25, 0.3) is 0 Å². The Kier molecular flexibility index (Phi) is 4.74. The molecule has 0 spiro atoms. The fourth-order valence-corrected chi connectivity index (χ4v) is 4.07. The third kappa shape index (κ3) is 3.31. The molecule has 0 aromatic carbocycles. The van der Waals surface area contributed by atoms with Gasteiger partial charge in [-0.15, -0.1) is 0 Å². The molecule has 22 heavy (non-hydrogen) atoms. The molecule has 1 aliphatic carbocycles. The zero-order chi connectivity index (χ0) is 15.7. The van der Waals surface area contributed by atoms with Crippen molar-refractivity contribution in [3.8, 4) is 0 Å². The Morgan fingerprint density at radius 1 is 0.864 bits per heavy atom. The van der Waals surface area contributed by atoms with Crippen LogP contribution >= 0.6 is 0 Å². The first-order valence-electron chi connectivity index (χ1n) is 9.17. The maximum absolute atomic E-state index is 12.9. The standard InChI is InChI=1S/C18H30N2O2/c1-13(2)14-5-3-10-19(12-9-14)18(22)16-6-4-11-20(16)17(21)15-7-8-15/h13-16H,3-12H2,1-2H3/t14-,16+/m0/s1. The zero-order valence-electron chi connectivity index (χ0n) is 14.1. The summed E-state index contributed by atoms with van der Waals surface area (Å²) in [4.78, 5) is 29.2. The number of likely N-dealkylation sites (tertiary alicyclic amines) is 2. The molecule has 0 aromatic heterocycles. The number of hydrogen-bond acceptors (Lipinski definition) is 2. The predicted octanol–water partition coefficient (Wildman–Crippen LogP) is 2.67. The van der Waals surface area contributed by atoms with Gasteiger partial charge in [-0.2, -0.15) is 0 Å². The van der Waals surface area contributed by atoms with Crippen LogP contribution in [0.2, 0.25) is 0 Å². The lowest BCUT2D eigenvalue weighted by Gasteiger charge is -2.30. The van der Waals surface area contributed by atoms with Crippen molar-refractivity contribution in [3.63, 3.8) is 0 Å². The average molecular weight is 306 g/mol. The molecule has 2 saturated heterocycles. The van der Waals surface area contributed by atoms with E-state index in [0.717, 1.165) is 64.1 Å². The molecule has 3 aliphatic rings. The van der Waals surface area contributed by atoms with Gasteiger partial charge >= 0.3 is 0 Å². The topological polar surface area (TPSA) is 40.6 Å². The summed E-state index contributed by atoms with van der Waals surface area (Å²) in [5.41, 5.74) is 0. The third-order valence-electron chi connectivity index (χ3n) is 5.77. The first-order valence-corrected chi connectivity index (χ1v) is 9.17. The smallest absolute Gasteiger partial charge is 0.245 e. The number of carbonyl (C=O) groups is 2. The quantitative estimate of drug-likeness (QED) is 0.804. The number of carbonyl (C=O) groups excluding carboxylic acids is 2. The highest BCUT2D eigenvalue weighted by Crippen LogP contribution is 2.34. The highest BCUT2D eigenvalue weighted by molar-refractivity contribution is 5.90. The molecule has 4 heteroatoms. The number of amides is 2. The molecular formula is C18H30N2O2. The second-order valence-corrected chi connectivity index (χ2v) is 7.72. The van der Waals surface area contributed by atoms with E-state index in [4.69, 9.17) is 0 Å². The summed E-state index contributed by atoms with van der Waals surface area (Å²) in [6.07, 6.45) is 7.35. The van der Waals surface area contributed by atoms with Crippen molar-refractivity contribution in [3.05, 3.63) is 0 Å². The van der Waals surface area contributed by atoms with E-state index in [9.17, 15) is 9.59 Å². The van der Waals surface area contributed by atoms with E-state index in [2.05, 4.69) is 13.8 Å². The monoisotopic (exact) mass is 306 g/mol. The van der Waals surface area contributed by atoms with Gasteiger partial charge in [0.05, 0.1) is 0 Å². The Labute approximate surface area is 134 Å². The maximum Gasteiger partial charge on any atom is 0.245 e. The van der Waals surface area contributed by atoms with Gasteiger partial charge < -0.3 is 9.80 Å². The summed E-state index contributed by atoms with van der Waals surface area (Å²) in [5, 5.41) is 0. The lowest BCUT2D eigenvalue weighted by Crippen LogP contribution is -2.48. The van der Waals surface area contributed by atoms with Gasteiger partial charge in [-0.1, -0.05) is 13.8 Å². The normalized spacial score (nSPS) is 29.8. The van der Waals surface area contributed by atoms with Crippen molar-refractivity contribution in [2.75, 3.05) is 19.6 Å². The molecule has 0 aromatic rings. The average Bonchev–Trinajstić information content (AvgIpc) is 3.27. The van der Waals surface area contributed by atoms with Gasteiger partial charge in [0.15, 0.2) is 0 Å². The minimum atomic E-state index is -0.163. The molecule has 4 nitrogen and oxygen atoms in total. The summed E-state index contributed by atoms with van der Waals surface area (Å²) in [6.45, 7) is 7.12. The van der Waals surface area contributed by atoms with Gasteiger partial charge in [0.2, 0.25) is 11.8 Å². The van der Waals surface area contributed by atoms with Crippen molar-refractivity contribution >= 4 is 11.8 Å². The summed E-state index contributed by atoms with van der Waals surface area (Å²) in [6, 6.07) is -0.163. The lowest BCUT2D eigenvalue weighted by atomic mass is 9.89. The molecule has 1 saturated carbocycles. The van der Waals surface area contributed by atoms with Crippen LogP contribution in [0.3, 0.4) is 0 Å². The van der Waals surface area contributed by atoms with Crippen molar-refractivity contribution < 1.29 is 9.59 Å². The predicted molar refractivity (Wildman–Crippen MR) is 86.2 cm³/mol. The summed E-state index contributed by atoms with van der Waals surface area (Å²) < 4.78 is 0. The van der Waals surface area contributed by atoms with E-state index in [1.54, 1.807) is 0 Å². The summed E-state index contributed by atoms with van der Waals surface area (Å²) >= 11 is 0. The molecular weight excluding hydrogens is 276 g/mol. The summed E-state index contributed by atoms with van der Waals surface area (Å²) in [5.74, 6) is 2.13. The minimum Gasteiger partial charge on any atom is -0.341 e. The number of rotatable bonds is 3. The first kappa shape index (κ1) is 15.8. The molecule has 2 aliphatic heterocycles. The van der Waals surface area contributed by atoms with Gasteiger partial charge in [-0.3, -0.25) is 9.59 Å². The van der Waals surface area contributed by atoms with E-state index in [-0.39, 0.29) is 23.8 Å². The first-order chi connectivity index (χ1) is 10.6. The Hall–Kier alpha value is -1.06. The van der Waals surface area contributed by atoms with Crippen LogP contribution in [-0.2, 0) is 9.59 Å². The van der Waals surface area contributed by atoms with Crippen LogP contribution in [0.15, 0.2) is 0 Å². The van der Waals surface area contributed by atoms with E-state index >= 15 is 0 Å². The Bertz CT molecular complexity index is 431. The molecule has 124 valence electrons. The van der Waals surface area contributed by atoms with E-state index in [0.29, 0.717) is 5.92 Å². The minimum absolute atomic E-state index is 0.163. The van der Waals surface area contributed by atoms with Crippen molar-refractivity contribution in [1.82, 2.24) is 9.80 Å². The van der Waals surface area contributed by atoms with Gasteiger partial charge in [-0.25, -0.2) is 0 Å². The van der Waals surface area contributed by atoms with Crippen LogP contribution in [-0.4, -0.2) is 47.3 Å². The van der Waals surface area contributed by atoms with Crippen LogP contribution in [0.5, 0.6) is 0 Å². The molecule has 2 atom stereocenters. The van der Waals surface area contributed by atoms with Crippen LogP contribution in [0.25, 0.3) is 0 Å². The molecule has 3 fully saturated rings. The molecule has 0 N–H and O–H groups in total. The van der Waals surface area contributed by atoms with E-state index in [1.807, 2.05) is 9.80 Å². The zero-order valence-corrected chi connectivity index (χ0v) is 14.1. The third-order valence-corrected chi connectivity index (χ3v) is 5.77. The van der Waals surface area contributed by atoms with E-state index < -0.39 is 0 Å². The second kappa shape index (κ2) is 6.59. The highest BCUT2D eigenvalue weighted by atomic mass is 16.2. The van der Waals surface area contributed by atoms with Crippen LogP contribution in [0.1, 0.15) is 58.8 Å². The second-order valence-electron chi connectivity index (χ2n) is 7.72. The lowest BCUT2D eigenvalue weighted by molar-refractivity contribution is -0.144. The van der Waals surface area contributed by atoms with Gasteiger partial charge in [0, 0.05) is 25.6 Å². The number of nitrogens with zero attached hydrogens (tertiary/aromatic N) is 2. The Morgan fingerprint density at radius 3 is 2.27 bits per heavy atom. The molecule has 0 radical (unpaired) electrons. The maximum atomic E-state index is 12.9. The SMILES string of the molecule is CC(C)[C@H]1CCCN(C(=O)[C@H]2CCCN2C(=O)C2CC2)CC1. The van der Waals surface area contributed by atoms with Gasteiger partial charge in [-0.05, 0) is 56.8 Å². The molecule has 0 bridgehead atoms. The molecule has 2 heterocycles. The molecule has 2 amide bonds. The Balaban J connectivity index is 1.61. The highest BCUT2D eigenvalue weighted by Gasteiger charge is 2.42. The van der Waals surface area contributed by atoms with Crippen LogP contribution in [0.4, 0.5) is 0 Å².